The Kier molecular flexibility index (Phi) is 3.56. The van der Waals surface area contributed by atoms with Gasteiger partial charge in [-0.15, -0.1) is 0 Å². The van der Waals surface area contributed by atoms with E-state index in [9.17, 15) is 4.79 Å². The Morgan fingerprint density at radius 1 is 1.42 bits per heavy atom. The van der Waals surface area contributed by atoms with Crippen LogP contribution in [0.4, 0.5) is 5.69 Å². The van der Waals surface area contributed by atoms with Crippen molar-refractivity contribution in [3.8, 4) is 0 Å². The molecule has 2 heterocycles. The zero-order chi connectivity index (χ0) is 13.2. The molecule has 102 valence electrons. The molecule has 0 aromatic heterocycles. The van der Waals surface area contributed by atoms with Crippen molar-refractivity contribution in [3.05, 3.63) is 29.3 Å². The summed E-state index contributed by atoms with van der Waals surface area (Å²) in [5.41, 5.74) is 3.77. The SMILES string of the molecule is CC(=O)N1CCCc2cc(C[C@H]3CCCO3)ccc21. The molecule has 0 N–H and O–H groups in total. The number of aryl methyl sites for hydroxylation is 1. The van der Waals surface area contributed by atoms with Gasteiger partial charge >= 0.3 is 0 Å². The number of rotatable bonds is 2. The van der Waals surface area contributed by atoms with Gasteiger partial charge in [-0.25, -0.2) is 0 Å². The molecular formula is C16H21NO2. The lowest BCUT2D eigenvalue weighted by molar-refractivity contribution is -0.116. The predicted molar refractivity (Wildman–Crippen MR) is 75.5 cm³/mol. The second kappa shape index (κ2) is 5.33. The van der Waals surface area contributed by atoms with E-state index in [-0.39, 0.29) is 5.91 Å². The van der Waals surface area contributed by atoms with Gasteiger partial charge in [0.2, 0.25) is 5.91 Å². The number of hydrogen-bond donors (Lipinski definition) is 0. The summed E-state index contributed by atoms with van der Waals surface area (Å²) in [7, 11) is 0. The molecule has 3 rings (SSSR count). The topological polar surface area (TPSA) is 29.5 Å². The van der Waals surface area contributed by atoms with Crippen LogP contribution >= 0.6 is 0 Å². The summed E-state index contributed by atoms with van der Waals surface area (Å²) in [6.07, 6.45) is 5.91. The van der Waals surface area contributed by atoms with Gasteiger partial charge in [-0.3, -0.25) is 4.79 Å². The normalized spacial score (nSPS) is 22.4. The first kappa shape index (κ1) is 12.7. The number of carbonyl (C=O) groups excluding carboxylic acids is 1. The lowest BCUT2D eigenvalue weighted by atomic mass is 9.96. The van der Waals surface area contributed by atoms with Gasteiger partial charge in [0.25, 0.3) is 0 Å². The van der Waals surface area contributed by atoms with E-state index in [0.29, 0.717) is 6.10 Å². The van der Waals surface area contributed by atoms with Crippen molar-refractivity contribution in [1.82, 2.24) is 0 Å². The molecular weight excluding hydrogens is 238 g/mol. The molecule has 0 aliphatic carbocycles. The van der Waals surface area contributed by atoms with Crippen LogP contribution in [-0.4, -0.2) is 25.2 Å². The summed E-state index contributed by atoms with van der Waals surface area (Å²) >= 11 is 0. The highest BCUT2D eigenvalue weighted by Crippen LogP contribution is 2.29. The van der Waals surface area contributed by atoms with Crippen molar-refractivity contribution in [2.24, 2.45) is 0 Å². The average Bonchev–Trinajstić information content (AvgIpc) is 2.90. The standard InChI is InChI=1S/C16H21NO2/c1-12(18)17-8-2-4-14-10-13(6-7-16(14)17)11-15-5-3-9-19-15/h6-7,10,15H,2-5,8-9,11H2,1H3/t15-/m1/s1. The van der Waals surface area contributed by atoms with Gasteiger partial charge in [0.15, 0.2) is 0 Å². The van der Waals surface area contributed by atoms with Gasteiger partial charge in [0, 0.05) is 25.8 Å². The van der Waals surface area contributed by atoms with Crippen molar-refractivity contribution >= 4 is 11.6 Å². The molecule has 1 saturated heterocycles. The number of nitrogens with zero attached hydrogens (tertiary/aromatic N) is 1. The van der Waals surface area contributed by atoms with Crippen LogP contribution in [0.25, 0.3) is 0 Å². The second-order valence-corrected chi connectivity index (χ2v) is 5.58. The third-order valence-electron chi connectivity index (χ3n) is 4.13. The summed E-state index contributed by atoms with van der Waals surface area (Å²) in [5.74, 6) is 0.146. The Hall–Kier alpha value is -1.35. The summed E-state index contributed by atoms with van der Waals surface area (Å²) in [6, 6.07) is 6.54. The molecule has 0 unspecified atom stereocenters. The van der Waals surface area contributed by atoms with Gasteiger partial charge in [-0.2, -0.15) is 0 Å². The molecule has 1 atom stereocenters. The maximum absolute atomic E-state index is 11.6. The molecule has 0 spiro atoms. The number of benzene rings is 1. The fourth-order valence-corrected chi connectivity index (χ4v) is 3.17. The molecule has 0 saturated carbocycles. The zero-order valence-corrected chi connectivity index (χ0v) is 11.5. The molecule has 0 bridgehead atoms. The molecule has 1 amide bonds. The minimum atomic E-state index is 0.146. The molecule has 3 heteroatoms. The lowest BCUT2D eigenvalue weighted by Crippen LogP contribution is -2.33. The highest BCUT2D eigenvalue weighted by Gasteiger charge is 2.21. The van der Waals surface area contributed by atoms with Gasteiger partial charge < -0.3 is 9.64 Å². The zero-order valence-electron chi connectivity index (χ0n) is 11.5. The third-order valence-corrected chi connectivity index (χ3v) is 4.13. The molecule has 1 fully saturated rings. The molecule has 2 aliphatic rings. The number of fused-ring (bicyclic) bond motifs is 1. The number of anilines is 1. The molecule has 2 aliphatic heterocycles. The number of ether oxygens (including phenoxy) is 1. The van der Waals surface area contributed by atoms with Crippen LogP contribution in [0, 0.1) is 0 Å². The van der Waals surface area contributed by atoms with Crippen LogP contribution < -0.4 is 4.90 Å². The summed E-state index contributed by atoms with van der Waals surface area (Å²) in [6.45, 7) is 3.41. The first-order valence-corrected chi connectivity index (χ1v) is 7.25. The van der Waals surface area contributed by atoms with Crippen LogP contribution in [0.5, 0.6) is 0 Å². The van der Waals surface area contributed by atoms with E-state index in [1.165, 1.54) is 24.0 Å². The highest BCUT2D eigenvalue weighted by atomic mass is 16.5. The summed E-state index contributed by atoms with van der Waals surface area (Å²) in [5, 5.41) is 0. The first-order chi connectivity index (χ1) is 9.24. The van der Waals surface area contributed by atoms with Crippen molar-refractivity contribution in [2.45, 2.75) is 45.1 Å². The van der Waals surface area contributed by atoms with Crippen LogP contribution in [0.2, 0.25) is 0 Å². The van der Waals surface area contributed by atoms with E-state index in [1.807, 2.05) is 4.90 Å². The van der Waals surface area contributed by atoms with Crippen molar-refractivity contribution in [1.29, 1.82) is 0 Å². The number of hydrogen-bond acceptors (Lipinski definition) is 2. The van der Waals surface area contributed by atoms with E-state index in [1.54, 1.807) is 6.92 Å². The van der Waals surface area contributed by atoms with Crippen molar-refractivity contribution < 1.29 is 9.53 Å². The van der Waals surface area contributed by atoms with Crippen LogP contribution in [-0.2, 0) is 22.4 Å². The quantitative estimate of drug-likeness (QED) is 0.817. The van der Waals surface area contributed by atoms with Crippen LogP contribution in [0.3, 0.4) is 0 Å². The maximum Gasteiger partial charge on any atom is 0.223 e. The first-order valence-electron chi connectivity index (χ1n) is 7.25. The fourth-order valence-electron chi connectivity index (χ4n) is 3.17. The van der Waals surface area contributed by atoms with E-state index in [0.717, 1.165) is 38.1 Å². The van der Waals surface area contributed by atoms with Gasteiger partial charge in [-0.05, 0) is 49.3 Å². The van der Waals surface area contributed by atoms with Gasteiger partial charge in [0.05, 0.1) is 6.10 Å². The lowest BCUT2D eigenvalue weighted by Gasteiger charge is -2.29. The highest BCUT2D eigenvalue weighted by molar-refractivity contribution is 5.92. The van der Waals surface area contributed by atoms with Gasteiger partial charge in [0.1, 0.15) is 0 Å². The summed E-state index contributed by atoms with van der Waals surface area (Å²) in [4.78, 5) is 13.5. The second-order valence-electron chi connectivity index (χ2n) is 5.58. The minimum Gasteiger partial charge on any atom is -0.378 e. The smallest absolute Gasteiger partial charge is 0.223 e. The molecule has 3 nitrogen and oxygen atoms in total. The van der Waals surface area contributed by atoms with E-state index in [4.69, 9.17) is 4.74 Å². The Bertz CT molecular complexity index is 478. The Morgan fingerprint density at radius 2 is 2.32 bits per heavy atom. The Morgan fingerprint density at radius 3 is 3.05 bits per heavy atom. The van der Waals surface area contributed by atoms with E-state index < -0.39 is 0 Å². The molecule has 1 aromatic carbocycles. The average molecular weight is 259 g/mol. The van der Waals surface area contributed by atoms with Crippen molar-refractivity contribution in [2.75, 3.05) is 18.1 Å². The van der Waals surface area contributed by atoms with Crippen LogP contribution in [0.15, 0.2) is 18.2 Å². The molecule has 1 aromatic rings. The van der Waals surface area contributed by atoms with E-state index >= 15 is 0 Å². The van der Waals surface area contributed by atoms with Crippen LogP contribution in [0.1, 0.15) is 37.3 Å². The third kappa shape index (κ3) is 2.66. The molecule has 0 radical (unpaired) electrons. The Labute approximate surface area is 114 Å². The molecule has 19 heavy (non-hydrogen) atoms. The maximum atomic E-state index is 11.6. The van der Waals surface area contributed by atoms with Gasteiger partial charge in [-0.1, -0.05) is 12.1 Å². The fraction of sp³-hybridized carbons (Fsp3) is 0.562. The predicted octanol–water partition coefficient (Wildman–Crippen LogP) is 2.71. The Balaban J connectivity index is 1.80. The van der Waals surface area contributed by atoms with E-state index in [2.05, 4.69) is 18.2 Å². The number of amides is 1. The largest absolute Gasteiger partial charge is 0.378 e. The summed E-state index contributed by atoms with van der Waals surface area (Å²) < 4.78 is 5.70. The minimum absolute atomic E-state index is 0.146. The van der Waals surface area contributed by atoms with Crippen molar-refractivity contribution in [3.63, 3.8) is 0 Å². The monoisotopic (exact) mass is 259 g/mol. The number of carbonyl (C=O) groups is 1.